The van der Waals surface area contributed by atoms with Gasteiger partial charge in [0.2, 0.25) is 5.43 Å². The molecule has 0 aliphatic heterocycles. The van der Waals surface area contributed by atoms with Crippen LogP contribution in [0.4, 0.5) is 13.2 Å². The van der Waals surface area contributed by atoms with E-state index in [1.807, 2.05) is 6.92 Å². The van der Waals surface area contributed by atoms with Crippen LogP contribution in [0.2, 0.25) is 5.02 Å². The number of halogens is 4. The number of aromatic nitrogens is 2. The number of nitrogens with zero attached hydrogens (tertiary/aromatic N) is 2. The van der Waals surface area contributed by atoms with Crippen LogP contribution in [0.3, 0.4) is 0 Å². The first-order valence-corrected chi connectivity index (χ1v) is 9.96. The second-order valence-corrected chi connectivity index (χ2v) is 7.67. The molecule has 0 bridgehead atoms. The van der Waals surface area contributed by atoms with Gasteiger partial charge in [-0.1, -0.05) is 30.7 Å². The van der Waals surface area contributed by atoms with Crippen LogP contribution in [0.1, 0.15) is 6.92 Å². The Morgan fingerprint density at radius 1 is 1.21 bits per heavy atom. The van der Waals surface area contributed by atoms with Gasteiger partial charge in [-0.3, -0.25) is 9.48 Å². The minimum Gasteiger partial charge on any atom is -0.406 e. The first-order chi connectivity index (χ1) is 13.3. The number of aryl methyl sites for hydroxylation is 1. The summed E-state index contributed by atoms with van der Waals surface area (Å²) < 4.78 is 43.2. The normalized spacial score (nSPS) is 11.8. The molecule has 9 heteroatoms. The van der Waals surface area contributed by atoms with Crippen LogP contribution in [-0.4, -0.2) is 27.6 Å². The predicted octanol–water partition coefficient (Wildman–Crippen LogP) is 5.37. The van der Waals surface area contributed by atoms with Crippen LogP contribution in [0.25, 0.3) is 22.2 Å². The van der Waals surface area contributed by atoms with E-state index in [0.29, 0.717) is 22.5 Å². The molecule has 0 amide bonds. The topological polar surface area (TPSA) is 44.1 Å². The molecule has 0 unspecified atom stereocenters. The Hall–Kier alpha value is -2.19. The minimum atomic E-state index is -4.82. The maximum Gasteiger partial charge on any atom is 0.573 e. The molecule has 0 saturated carbocycles. The van der Waals surface area contributed by atoms with E-state index >= 15 is 0 Å². The van der Waals surface area contributed by atoms with Crippen molar-refractivity contribution in [2.24, 2.45) is 0 Å². The molecule has 0 atom stereocenters. The Labute approximate surface area is 168 Å². The number of hydrogen-bond donors (Lipinski definition) is 0. The molecule has 1 heterocycles. The molecule has 28 heavy (non-hydrogen) atoms. The van der Waals surface area contributed by atoms with Gasteiger partial charge in [0.1, 0.15) is 11.4 Å². The largest absolute Gasteiger partial charge is 0.573 e. The van der Waals surface area contributed by atoms with Gasteiger partial charge in [-0.25, -0.2) is 0 Å². The summed E-state index contributed by atoms with van der Waals surface area (Å²) >= 11 is 7.79. The van der Waals surface area contributed by atoms with E-state index in [1.54, 1.807) is 34.6 Å². The van der Waals surface area contributed by atoms with Crippen LogP contribution < -0.4 is 10.2 Å². The standard InChI is InChI=1S/C19H16ClF3N2O2S/c1-2-28-9-8-25-16-11-13(20)6-7-15(16)18(26)17(24-25)12-4-3-5-14(10-12)27-19(21,22)23/h3-7,10-11H,2,8-9H2,1H3. The molecule has 0 aliphatic carbocycles. The third-order valence-corrected chi connectivity index (χ3v) is 5.03. The van der Waals surface area contributed by atoms with Crippen molar-refractivity contribution in [2.45, 2.75) is 19.8 Å². The zero-order chi connectivity index (χ0) is 20.3. The molecular formula is C19H16ClF3N2O2S. The summed E-state index contributed by atoms with van der Waals surface area (Å²) in [5.74, 6) is 1.29. The van der Waals surface area contributed by atoms with E-state index < -0.39 is 12.1 Å². The van der Waals surface area contributed by atoms with E-state index in [9.17, 15) is 18.0 Å². The molecule has 0 spiro atoms. The van der Waals surface area contributed by atoms with Crippen LogP contribution in [-0.2, 0) is 6.54 Å². The summed E-state index contributed by atoms with van der Waals surface area (Å²) in [6.45, 7) is 2.57. The molecule has 0 aliphatic rings. The van der Waals surface area contributed by atoms with Crippen molar-refractivity contribution < 1.29 is 17.9 Å². The number of benzene rings is 2. The van der Waals surface area contributed by atoms with Crippen molar-refractivity contribution >= 4 is 34.3 Å². The lowest BCUT2D eigenvalue weighted by atomic mass is 10.1. The molecule has 2 aromatic carbocycles. The number of thioether (sulfide) groups is 1. The minimum absolute atomic E-state index is 0.0592. The molecule has 0 fully saturated rings. The Kier molecular flexibility index (Phi) is 6.20. The monoisotopic (exact) mass is 428 g/mol. The fourth-order valence-corrected chi connectivity index (χ4v) is 3.51. The number of hydrogen-bond acceptors (Lipinski definition) is 4. The highest BCUT2D eigenvalue weighted by Crippen LogP contribution is 2.27. The van der Waals surface area contributed by atoms with E-state index in [1.165, 1.54) is 18.2 Å². The smallest absolute Gasteiger partial charge is 0.406 e. The van der Waals surface area contributed by atoms with Crippen molar-refractivity contribution in [1.29, 1.82) is 0 Å². The van der Waals surface area contributed by atoms with Crippen LogP contribution in [0.15, 0.2) is 47.3 Å². The van der Waals surface area contributed by atoms with Gasteiger partial charge in [0.25, 0.3) is 0 Å². The fraction of sp³-hybridized carbons (Fsp3) is 0.263. The Morgan fingerprint density at radius 3 is 2.71 bits per heavy atom. The summed E-state index contributed by atoms with van der Waals surface area (Å²) in [6, 6.07) is 10.1. The summed E-state index contributed by atoms with van der Waals surface area (Å²) in [6.07, 6.45) is -4.82. The summed E-state index contributed by atoms with van der Waals surface area (Å²) in [5.41, 5.74) is 0.514. The van der Waals surface area contributed by atoms with Crippen molar-refractivity contribution in [1.82, 2.24) is 9.78 Å². The van der Waals surface area contributed by atoms with Gasteiger partial charge < -0.3 is 4.74 Å². The van der Waals surface area contributed by atoms with Crippen molar-refractivity contribution in [3.05, 3.63) is 57.7 Å². The van der Waals surface area contributed by atoms with Crippen LogP contribution in [0, 0.1) is 0 Å². The number of fused-ring (bicyclic) bond motifs is 1. The van der Waals surface area contributed by atoms with E-state index in [2.05, 4.69) is 9.84 Å². The van der Waals surface area contributed by atoms with E-state index in [0.717, 1.165) is 17.6 Å². The number of rotatable bonds is 6. The maximum absolute atomic E-state index is 12.9. The molecule has 0 radical (unpaired) electrons. The highest BCUT2D eigenvalue weighted by atomic mass is 35.5. The van der Waals surface area contributed by atoms with Crippen LogP contribution >= 0.6 is 23.4 Å². The maximum atomic E-state index is 12.9. The molecule has 148 valence electrons. The average molecular weight is 429 g/mol. The third-order valence-electron chi connectivity index (χ3n) is 3.91. The molecule has 0 N–H and O–H groups in total. The number of ether oxygens (including phenoxy) is 1. The van der Waals surface area contributed by atoms with Gasteiger partial charge in [0.15, 0.2) is 0 Å². The lowest BCUT2D eigenvalue weighted by molar-refractivity contribution is -0.274. The Morgan fingerprint density at radius 2 is 2.00 bits per heavy atom. The Balaban J connectivity index is 2.13. The van der Waals surface area contributed by atoms with Crippen LogP contribution in [0.5, 0.6) is 5.75 Å². The van der Waals surface area contributed by atoms with Gasteiger partial charge >= 0.3 is 6.36 Å². The van der Waals surface area contributed by atoms with Gasteiger partial charge in [-0.15, -0.1) is 13.2 Å². The van der Waals surface area contributed by atoms with Gasteiger partial charge in [0.05, 0.1) is 12.1 Å². The fourth-order valence-electron chi connectivity index (χ4n) is 2.75. The molecule has 1 aromatic heterocycles. The average Bonchev–Trinajstić information content (AvgIpc) is 2.62. The zero-order valence-corrected chi connectivity index (χ0v) is 16.4. The second-order valence-electron chi connectivity index (χ2n) is 5.83. The lowest BCUT2D eigenvalue weighted by Gasteiger charge is -2.13. The predicted molar refractivity (Wildman–Crippen MR) is 106 cm³/mol. The van der Waals surface area contributed by atoms with Crippen molar-refractivity contribution in [2.75, 3.05) is 11.5 Å². The molecule has 4 nitrogen and oxygen atoms in total. The van der Waals surface area contributed by atoms with Gasteiger partial charge in [-0.2, -0.15) is 16.9 Å². The van der Waals surface area contributed by atoms with Crippen molar-refractivity contribution in [3.63, 3.8) is 0 Å². The van der Waals surface area contributed by atoms with E-state index in [4.69, 9.17) is 11.6 Å². The highest BCUT2D eigenvalue weighted by Gasteiger charge is 2.31. The molecular weight excluding hydrogens is 413 g/mol. The summed E-state index contributed by atoms with van der Waals surface area (Å²) in [5, 5.41) is 5.29. The van der Waals surface area contributed by atoms with Crippen molar-refractivity contribution in [3.8, 4) is 17.0 Å². The highest BCUT2D eigenvalue weighted by molar-refractivity contribution is 7.99. The lowest BCUT2D eigenvalue weighted by Crippen LogP contribution is -2.18. The number of alkyl halides is 3. The summed E-state index contributed by atoms with van der Waals surface area (Å²) in [7, 11) is 0. The SMILES string of the molecule is CCSCCn1nc(-c2cccc(OC(F)(F)F)c2)c(=O)c2ccc(Cl)cc21. The molecule has 3 rings (SSSR count). The Bertz CT molecular complexity index is 1050. The first kappa shape index (κ1) is 20.5. The van der Waals surface area contributed by atoms with Gasteiger partial charge in [-0.05, 0) is 36.1 Å². The summed E-state index contributed by atoms with van der Waals surface area (Å²) in [4.78, 5) is 12.9. The molecule has 3 aromatic rings. The quantitative estimate of drug-likeness (QED) is 0.495. The van der Waals surface area contributed by atoms with E-state index in [-0.39, 0.29) is 16.7 Å². The zero-order valence-electron chi connectivity index (χ0n) is 14.8. The third kappa shape index (κ3) is 4.80. The first-order valence-electron chi connectivity index (χ1n) is 8.43. The van der Waals surface area contributed by atoms with Gasteiger partial charge in [0, 0.05) is 21.7 Å². The molecule has 0 saturated heterocycles. The second kappa shape index (κ2) is 8.45.